The van der Waals surface area contributed by atoms with E-state index in [0.29, 0.717) is 31.2 Å². The summed E-state index contributed by atoms with van der Waals surface area (Å²) in [4.78, 5) is 6.65. The lowest BCUT2D eigenvalue weighted by Crippen LogP contribution is -2.28. The summed E-state index contributed by atoms with van der Waals surface area (Å²) in [5, 5.41) is 13.2. The largest absolute Gasteiger partial charge is 0.395 e. The fraction of sp³-hybridized carbons (Fsp3) is 0.500. The molecule has 0 saturated heterocycles. The highest BCUT2D eigenvalue weighted by atomic mass is 16.5. The van der Waals surface area contributed by atoms with Crippen LogP contribution in [0.25, 0.3) is 0 Å². The molecule has 1 fully saturated rings. The maximum atomic E-state index is 9.14. The zero-order chi connectivity index (χ0) is 14.5. The van der Waals surface area contributed by atoms with Crippen molar-refractivity contribution < 1.29 is 9.63 Å². The summed E-state index contributed by atoms with van der Waals surface area (Å²) in [6.45, 7) is 2.46. The Morgan fingerprint density at radius 2 is 2.05 bits per heavy atom. The third-order valence-electron chi connectivity index (χ3n) is 3.70. The zero-order valence-corrected chi connectivity index (χ0v) is 12.1. The predicted octanol–water partition coefficient (Wildman–Crippen LogP) is 1.86. The van der Waals surface area contributed by atoms with E-state index in [9.17, 15) is 0 Å². The van der Waals surface area contributed by atoms with E-state index in [1.165, 1.54) is 18.4 Å². The minimum absolute atomic E-state index is 0.164. The van der Waals surface area contributed by atoms with Crippen molar-refractivity contribution in [1.82, 2.24) is 15.0 Å². The van der Waals surface area contributed by atoms with Crippen LogP contribution in [0.5, 0.6) is 0 Å². The van der Waals surface area contributed by atoms with Crippen molar-refractivity contribution in [3.8, 4) is 0 Å². The molecule has 21 heavy (non-hydrogen) atoms. The summed E-state index contributed by atoms with van der Waals surface area (Å²) in [6.07, 6.45) is 3.28. The van der Waals surface area contributed by atoms with Crippen molar-refractivity contribution in [2.75, 3.05) is 19.7 Å². The number of aromatic nitrogens is 2. The summed E-state index contributed by atoms with van der Waals surface area (Å²) < 4.78 is 5.33. The topological polar surface area (TPSA) is 62.4 Å². The molecule has 0 bridgehead atoms. The summed E-state index contributed by atoms with van der Waals surface area (Å²) in [5.41, 5.74) is 1.18. The molecule has 5 heteroatoms. The Balaban J connectivity index is 1.58. The molecule has 0 aliphatic heterocycles. The Morgan fingerprint density at radius 3 is 2.76 bits per heavy atom. The molecular weight excluding hydrogens is 266 g/mol. The summed E-state index contributed by atoms with van der Waals surface area (Å²) in [6, 6.07) is 10.1. The van der Waals surface area contributed by atoms with Gasteiger partial charge in [-0.25, -0.2) is 0 Å². The molecule has 1 aromatic heterocycles. The van der Waals surface area contributed by atoms with Crippen LogP contribution in [0.15, 0.2) is 34.9 Å². The van der Waals surface area contributed by atoms with E-state index in [1.807, 2.05) is 18.2 Å². The highest BCUT2D eigenvalue weighted by molar-refractivity contribution is 5.18. The molecular formula is C16H21N3O2. The number of nitrogens with zero attached hydrogens (tertiary/aromatic N) is 3. The van der Waals surface area contributed by atoms with Gasteiger partial charge in [0.2, 0.25) is 5.89 Å². The molecule has 0 atom stereocenters. The summed E-state index contributed by atoms with van der Waals surface area (Å²) in [7, 11) is 0. The van der Waals surface area contributed by atoms with Gasteiger partial charge in [-0.1, -0.05) is 35.5 Å². The molecule has 5 nitrogen and oxygen atoms in total. The second-order valence-electron chi connectivity index (χ2n) is 5.67. The van der Waals surface area contributed by atoms with Gasteiger partial charge in [-0.2, -0.15) is 4.98 Å². The van der Waals surface area contributed by atoms with Crippen molar-refractivity contribution in [2.45, 2.75) is 25.8 Å². The first-order valence-corrected chi connectivity index (χ1v) is 7.52. The zero-order valence-electron chi connectivity index (χ0n) is 12.1. The molecule has 2 aromatic rings. The van der Waals surface area contributed by atoms with Crippen LogP contribution in [-0.4, -0.2) is 39.8 Å². The van der Waals surface area contributed by atoms with Crippen LogP contribution in [0.1, 0.15) is 30.1 Å². The summed E-state index contributed by atoms with van der Waals surface area (Å²) in [5.74, 6) is 2.13. The van der Waals surface area contributed by atoms with Crippen LogP contribution in [0.3, 0.4) is 0 Å². The van der Waals surface area contributed by atoms with Crippen molar-refractivity contribution in [3.05, 3.63) is 47.6 Å². The lowest BCUT2D eigenvalue weighted by molar-refractivity contribution is 0.168. The van der Waals surface area contributed by atoms with Gasteiger partial charge in [-0.05, 0) is 24.3 Å². The third kappa shape index (κ3) is 4.37. The smallest absolute Gasteiger partial charge is 0.240 e. The van der Waals surface area contributed by atoms with Crippen molar-refractivity contribution in [2.24, 2.45) is 5.92 Å². The molecule has 1 aromatic carbocycles. The first-order chi connectivity index (χ1) is 10.3. The lowest BCUT2D eigenvalue weighted by atomic mass is 10.1. The van der Waals surface area contributed by atoms with Crippen molar-refractivity contribution in [1.29, 1.82) is 0 Å². The first-order valence-electron chi connectivity index (χ1n) is 7.52. The van der Waals surface area contributed by atoms with Gasteiger partial charge in [0.15, 0.2) is 5.82 Å². The van der Waals surface area contributed by atoms with Crippen LogP contribution in [0.4, 0.5) is 0 Å². The van der Waals surface area contributed by atoms with E-state index in [2.05, 4.69) is 27.2 Å². The van der Waals surface area contributed by atoms with Gasteiger partial charge in [0.25, 0.3) is 0 Å². The Morgan fingerprint density at radius 1 is 1.24 bits per heavy atom. The van der Waals surface area contributed by atoms with Crippen LogP contribution >= 0.6 is 0 Å². The normalized spacial score (nSPS) is 14.8. The standard InChI is InChI=1S/C16H21N3O2/c20-9-8-19(11-14-6-7-14)12-16-17-15(18-21-16)10-13-4-2-1-3-5-13/h1-5,14,20H,6-12H2. The fourth-order valence-corrected chi connectivity index (χ4v) is 2.44. The number of benzene rings is 1. The number of hydrogen-bond acceptors (Lipinski definition) is 5. The Labute approximate surface area is 124 Å². The van der Waals surface area contributed by atoms with Crippen LogP contribution < -0.4 is 0 Å². The fourth-order valence-electron chi connectivity index (χ4n) is 2.44. The van der Waals surface area contributed by atoms with Crippen LogP contribution in [-0.2, 0) is 13.0 Å². The number of aliphatic hydroxyl groups excluding tert-OH is 1. The third-order valence-corrected chi connectivity index (χ3v) is 3.70. The molecule has 112 valence electrons. The van der Waals surface area contributed by atoms with Gasteiger partial charge in [-0.3, -0.25) is 4.90 Å². The second kappa shape index (κ2) is 6.83. The molecule has 0 radical (unpaired) electrons. The van der Waals surface area contributed by atoms with Crippen molar-refractivity contribution >= 4 is 0 Å². The lowest BCUT2D eigenvalue weighted by Gasteiger charge is -2.18. The number of rotatable bonds is 8. The van der Waals surface area contributed by atoms with Gasteiger partial charge in [0.05, 0.1) is 13.2 Å². The molecule has 3 rings (SSSR count). The quantitative estimate of drug-likeness (QED) is 0.803. The Hall–Kier alpha value is -1.72. The molecule has 1 heterocycles. The monoisotopic (exact) mass is 287 g/mol. The van der Waals surface area contributed by atoms with Crippen molar-refractivity contribution in [3.63, 3.8) is 0 Å². The van der Waals surface area contributed by atoms with E-state index in [-0.39, 0.29) is 6.61 Å². The first kappa shape index (κ1) is 14.2. The number of hydrogen-bond donors (Lipinski definition) is 1. The van der Waals surface area contributed by atoms with E-state index in [0.717, 1.165) is 12.5 Å². The molecule has 1 N–H and O–H groups in total. The minimum atomic E-state index is 0.164. The average Bonchev–Trinajstić information content (AvgIpc) is 3.20. The highest BCUT2D eigenvalue weighted by Crippen LogP contribution is 2.30. The number of aliphatic hydroxyl groups is 1. The van der Waals surface area contributed by atoms with Gasteiger partial charge < -0.3 is 9.63 Å². The molecule has 0 unspecified atom stereocenters. The molecule has 1 saturated carbocycles. The molecule has 0 amide bonds. The SMILES string of the molecule is OCCN(Cc1nc(Cc2ccccc2)no1)CC1CC1. The van der Waals surface area contributed by atoms with E-state index in [4.69, 9.17) is 9.63 Å². The summed E-state index contributed by atoms with van der Waals surface area (Å²) >= 11 is 0. The van der Waals surface area contributed by atoms with Crippen LogP contribution in [0.2, 0.25) is 0 Å². The second-order valence-corrected chi connectivity index (χ2v) is 5.67. The van der Waals surface area contributed by atoms with Gasteiger partial charge in [0.1, 0.15) is 0 Å². The van der Waals surface area contributed by atoms with Crippen LogP contribution in [0, 0.1) is 5.92 Å². The Kier molecular flexibility index (Phi) is 4.62. The maximum absolute atomic E-state index is 9.14. The maximum Gasteiger partial charge on any atom is 0.240 e. The van der Waals surface area contributed by atoms with Gasteiger partial charge in [-0.15, -0.1) is 0 Å². The van der Waals surface area contributed by atoms with E-state index < -0.39 is 0 Å². The molecule has 1 aliphatic rings. The van der Waals surface area contributed by atoms with E-state index in [1.54, 1.807) is 0 Å². The molecule has 1 aliphatic carbocycles. The minimum Gasteiger partial charge on any atom is -0.395 e. The van der Waals surface area contributed by atoms with Gasteiger partial charge in [0, 0.05) is 19.5 Å². The van der Waals surface area contributed by atoms with Gasteiger partial charge >= 0.3 is 0 Å². The molecule has 0 spiro atoms. The Bertz CT molecular complexity index is 552. The highest BCUT2D eigenvalue weighted by Gasteiger charge is 2.25. The predicted molar refractivity (Wildman–Crippen MR) is 78.6 cm³/mol. The van der Waals surface area contributed by atoms with E-state index >= 15 is 0 Å². The average molecular weight is 287 g/mol.